The quantitative estimate of drug-likeness (QED) is 0.526. The Kier molecular flexibility index (Phi) is 5.38. The number of rotatable bonds is 0. The molecule has 0 aromatic carbocycles. The molecule has 1 heterocycles. The topological polar surface area (TPSA) is 12.0 Å². The molecule has 0 atom stereocenters. The SMILES string of the molecule is C=C1CCCCN1.CC. The van der Waals surface area contributed by atoms with E-state index in [2.05, 4.69) is 11.9 Å². The number of piperidine rings is 1. The maximum Gasteiger partial charge on any atom is 0.0143 e. The normalized spacial score (nSPS) is 17.3. The van der Waals surface area contributed by atoms with Gasteiger partial charge in [-0.25, -0.2) is 0 Å². The minimum atomic E-state index is 1.14. The first kappa shape index (κ1) is 8.54. The first-order chi connectivity index (χ1) is 4.39. The summed E-state index contributed by atoms with van der Waals surface area (Å²) in [6.07, 6.45) is 3.82. The van der Waals surface area contributed by atoms with Crippen LogP contribution in [0, 0.1) is 0 Å². The zero-order valence-electron chi connectivity index (χ0n) is 6.54. The second-order valence-corrected chi connectivity index (χ2v) is 1.99. The third-order valence-electron chi connectivity index (χ3n) is 1.28. The molecule has 9 heavy (non-hydrogen) atoms. The lowest BCUT2D eigenvalue weighted by molar-refractivity contribution is 0.590. The molecule has 0 aromatic heterocycles. The number of hydrogen-bond donors (Lipinski definition) is 1. The van der Waals surface area contributed by atoms with Gasteiger partial charge in [0.2, 0.25) is 0 Å². The van der Waals surface area contributed by atoms with Gasteiger partial charge in [-0.1, -0.05) is 20.4 Å². The minimum Gasteiger partial charge on any atom is -0.389 e. The lowest BCUT2D eigenvalue weighted by Crippen LogP contribution is -2.18. The van der Waals surface area contributed by atoms with E-state index in [4.69, 9.17) is 0 Å². The molecule has 0 aliphatic carbocycles. The van der Waals surface area contributed by atoms with Crippen LogP contribution >= 0.6 is 0 Å². The predicted molar refractivity (Wildman–Crippen MR) is 42.3 cm³/mol. The summed E-state index contributed by atoms with van der Waals surface area (Å²) < 4.78 is 0. The highest BCUT2D eigenvalue weighted by atomic mass is 14.9. The Morgan fingerprint density at radius 2 is 2.00 bits per heavy atom. The highest BCUT2D eigenvalue weighted by molar-refractivity contribution is 4.93. The molecule has 0 unspecified atom stereocenters. The molecule has 0 radical (unpaired) electrons. The fourth-order valence-corrected chi connectivity index (χ4v) is 0.817. The van der Waals surface area contributed by atoms with Crippen LogP contribution in [0.2, 0.25) is 0 Å². The average Bonchev–Trinajstić information content (AvgIpc) is 1.94. The van der Waals surface area contributed by atoms with Crippen LogP contribution in [-0.2, 0) is 0 Å². The lowest BCUT2D eigenvalue weighted by Gasteiger charge is -2.13. The van der Waals surface area contributed by atoms with Crippen LogP contribution in [0.15, 0.2) is 12.3 Å². The van der Waals surface area contributed by atoms with Gasteiger partial charge in [0.1, 0.15) is 0 Å². The van der Waals surface area contributed by atoms with Crippen LogP contribution in [-0.4, -0.2) is 6.54 Å². The summed E-state index contributed by atoms with van der Waals surface area (Å²) in [5, 5.41) is 3.19. The van der Waals surface area contributed by atoms with Gasteiger partial charge in [-0.2, -0.15) is 0 Å². The second kappa shape index (κ2) is 5.67. The Bertz CT molecular complexity index is 68.6. The molecule has 0 spiro atoms. The first-order valence-corrected chi connectivity index (χ1v) is 3.81. The standard InChI is InChI=1S/C6H11N.C2H6/c1-6-4-2-3-5-7-6;1-2/h7H,1-5H2;1-2H3. The third-order valence-corrected chi connectivity index (χ3v) is 1.28. The molecule has 1 aliphatic heterocycles. The Balaban J connectivity index is 0.000000291. The van der Waals surface area contributed by atoms with Crippen molar-refractivity contribution in [2.45, 2.75) is 33.1 Å². The van der Waals surface area contributed by atoms with Crippen molar-refractivity contribution < 1.29 is 0 Å². The van der Waals surface area contributed by atoms with E-state index < -0.39 is 0 Å². The fourth-order valence-electron chi connectivity index (χ4n) is 0.817. The monoisotopic (exact) mass is 127 g/mol. The molecule has 0 bridgehead atoms. The van der Waals surface area contributed by atoms with E-state index in [9.17, 15) is 0 Å². The second-order valence-electron chi connectivity index (χ2n) is 1.99. The van der Waals surface area contributed by atoms with Crippen molar-refractivity contribution in [1.82, 2.24) is 5.32 Å². The van der Waals surface area contributed by atoms with E-state index in [0.717, 1.165) is 6.54 Å². The fraction of sp³-hybridized carbons (Fsp3) is 0.750. The van der Waals surface area contributed by atoms with E-state index >= 15 is 0 Å². The molecule has 1 rings (SSSR count). The molecule has 1 N–H and O–H groups in total. The van der Waals surface area contributed by atoms with Crippen molar-refractivity contribution in [2.75, 3.05) is 6.54 Å². The summed E-state index contributed by atoms with van der Waals surface area (Å²) in [4.78, 5) is 0. The third kappa shape index (κ3) is 4.07. The van der Waals surface area contributed by atoms with Crippen LogP contribution in [0.1, 0.15) is 33.1 Å². The average molecular weight is 127 g/mol. The smallest absolute Gasteiger partial charge is 0.0143 e. The molecule has 54 valence electrons. The van der Waals surface area contributed by atoms with Crippen molar-refractivity contribution in [2.24, 2.45) is 0 Å². The summed E-state index contributed by atoms with van der Waals surface area (Å²) in [6, 6.07) is 0. The van der Waals surface area contributed by atoms with Crippen molar-refractivity contribution in [3.8, 4) is 0 Å². The van der Waals surface area contributed by atoms with Crippen LogP contribution < -0.4 is 5.32 Å². The summed E-state index contributed by atoms with van der Waals surface area (Å²) >= 11 is 0. The predicted octanol–water partition coefficient (Wildman–Crippen LogP) is 2.30. The Morgan fingerprint density at radius 3 is 2.22 bits per heavy atom. The van der Waals surface area contributed by atoms with Crippen LogP contribution in [0.4, 0.5) is 0 Å². The number of hydrogen-bond acceptors (Lipinski definition) is 1. The first-order valence-electron chi connectivity index (χ1n) is 3.81. The zero-order valence-corrected chi connectivity index (χ0v) is 6.54. The van der Waals surface area contributed by atoms with E-state index in [0.29, 0.717) is 0 Å². The van der Waals surface area contributed by atoms with Gasteiger partial charge in [0.15, 0.2) is 0 Å². The molecule has 0 aromatic rings. The molecular formula is C8H17N. The van der Waals surface area contributed by atoms with Gasteiger partial charge in [0, 0.05) is 12.2 Å². The van der Waals surface area contributed by atoms with Crippen molar-refractivity contribution in [1.29, 1.82) is 0 Å². The molecule has 1 heteroatoms. The van der Waals surface area contributed by atoms with Crippen LogP contribution in [0.3, 0.4) is 0 Å². The van der Waals surface area contributed by atoms with Gasteiger partial charge in [0.05, 0.1) is 0 Å². The molecule has 1 nitrogen and oxygen atoms in total. The van der Waals surface area contributed by atoms with Gasteiger partial charge >= 0.3 is 0 Å². The van der Waals surface area contributed by atoms with E-state index in [-0.39, 0.29) is 0 Å². The molecular weight excluding hydrogens is 110 g/mol. The summed E-state index contributed by atoms with van der Waals surface area (Å²) in [6.45, 7) is 8.94. The Labute approximate surface area is 58.2 Å². The minimum absolute atomic E-state index is 1.14. The zero-order chi connectivity index (χ0) is 7.11. The van der Waals surface area contributed by atoms with E-state index in [1.165, 1.54) is 25.0 Å². The molecule has 1 aliphatic rings. The summed E-state index contributed by atoms with van der Waals surface area (Å²) in [5.41, 5.74) is 1.21. The van der Waals surface area contributed by atoms with Gasteiger partial charge in [-0.3, -0.25) is 0 Å². The maximum atomic E-state index is 3.80. The molecule has 0 amide bonds. The van der Waals surface area contributed by atoms with Crippen LogP contribution in [0.25, 0.3) is 0 Å². The molecule has 1 saturated heterocycles. The summed E-state index contributed by atoms with van der Waals surface area (Å²) in [7, 11) is 0. The maximum absolute atomic E-state index is 3.80. The summed E-state index contributed by atoms with van der Waals surface area (Å²) in [5.74, 6) is 0. The largest absolute Gasteiger partial charge is 0.389 e. The van der Waals surface area contributed by atoms with Gasteiger partial charge in [-0.15, -0.1) is 0 Å². The molecule has 0 saturated carbocycles. The lowest BCUT2D eigenvalue weighted by atomic mass is 10.1. The van der Waals surface area contributed by atoms with Crippen molar-refractivity contribution >= 4 is 0 Å². The van der Waals surface area contributed by atoms with Gasteiger partial charge in [0.25, 0.3) is 0 Å². The number of nitrogens with one attached hydrogen (secondary N) is 1. The van der Waals surface area contributed by atoms with Crippen molar-refractivity contribution in [3.63, 3.8) is 0 Å². The highest BCUT2D eigenvalue weighted by Gasteiger charge is 1.98. The molecule has 1 fully saturated rings. The highest BCUT2D eigenvalue weighted by Crippen LogP contribution is 2.06. The van der Waals surface area contributed by atoms with E-state index in [1.54, 1.807) is 0 Å². The van der Waals surface area contributed by atoms with Gasteiger partial charge in [-0.05, 0) is 19.3 Å². The Hall–Kier alpha value is -0.460. The van der Waals surface area contributed by atoms with Crippen LogP contribution in [0.5, 0.6) is 0 Å². The number of allylic oxidation sites excluding steroid dienone is 1. The van der Waals surface area contributed by atoms with E-state index in [1.807, 2.05) is 13.8 Å². The van der Waals surface area contributed by atoms with Crippen molar-refractivity contribution in [3.05, 3.63) is 12.3 Å². The van der Waals surface area contributed by atoms with Gasteiger partial charge < -0.3 is 5.32 Å². The Morgan fingerprint density at radius 1 is 1.33 bits per heavy atom.